The first-order chi connectivity index (χ1) is 4.83. The summed E-state index contributed by atoms with van der Waals surface area (Å²) >= 11 is 1.22. The number of aliphatic hydroxyl groups is 1. The monoisotopic (exact) mass is 178 g/mol. The second kappa shape index (κ2) is 4.09. The molecule has 0 saturated carbocycles. The minimum absolute atomic E-state index is 0.0793. The molecule has 4 heteroatoms. The normalized spacial score (nSPS) is 14.6. The quantitative estimate of drug-likeness (QED) is 0.509. The summed E-state index contributed by atoms with van der Waals surface area (Å²) < 4.78 is 0.479. The smallest absolute Gasteiger partial charge is 0.242 e. The van der Waals surface area contributed by atoms with Crippen molar-refractivity contribution in [2.45, 2.75) is 20.0 Å². The van der Waals surface area contributed by atoms with E-state index in [2.05, 4.69) is 0 Å². The molecule has 0 aliphatic rings. The fraction of sp³-hybridized carbons (Fsp3) is 0.857. The van der Waals surface area contributed by atoms with Gasteiger partial charge in [-0.3, -0.25) is 8.68 Å². The Hall–Kier alpha value is -0.0600. The first-order valence-electron chi connectivity index (χ1n) is 3.55. The Morgan fingerprint density at radius 3 is 2.36 bits per heavy atom. The second-order valence-corrected chi connectivity index (χ2v) is 4.93. The summed E-state index contributed by atoms with van der Waals surface area (Å²) in [4.78, 5) is 10.7. The van der Waals surface area contributed by atoms with Crippen LogP contribution in [0.4, 0.5) is 0 Å². The fourth-order valence-electron chi connectivity index (χ4n) is 1.02. The van der Waals surface area contributed by atoms with Crippen molar-refractivity contribution >= 4 is 17.1 Å². The topological polar surface area (TPSA) is 37.3 Å². The molecule has 0 spiro atoms. The minimum Gasteiger partial charge on any atom is -0.388 e. The Bertz CT molecular complexity index is 145. The van der Waals surface area contributed by atoms with E-state index < -0.39 is 0 Å². The summed E-state index contributed by atoms with van der Waals surface area (Å²) in [6.07, 6.45) is -0.364. The Morgan fingerprint density at radius 1 is 1.64 bits per heavy atom. The van der Waals surface area contributed by atoms with E-state index >= 15 is 0 Å². The minimum atomic E-state index is -0.364. The molecule has 1 unspecified atom stereocenters. The molecule has 0 aromatic heterocycles. The van der Waals surface area contributed by atoms with Gasteiger partial charge in [-0.1, -0.05) is 0 Å². The van der Waals surface area contributed by atoms with Crippen LogP contribution in [0.2, 0.25) is 0 Å². The number of hydrogen-bond acceptors (Lipinski definition) is 3. The van der Waals surface area contributed by atoms with Gasteiger partial charge in [-0.25, -0.2) is 0 Å². The van der Waals surface area contributed by atoms with E-state index in [0.717, 1.165) is 0 Å². The molecule has 0 fully saturated rings. The highest BCUT2D eigenvalue weighted by atomic mass is 32.2. The number of carbonyl (C=O) groups excluding carboxylic acids is 1. The molecule has 11 heavy (non-hydrogen) atoms. The maximum absolute atomic E-state index is 10.7. The number of nitrogens with zero attached hydrogens (tertiary/aromatic N) is 1. The molecule has 66 valence electrons. The largest absolute Gasteiger partial charge is 0.388 e. The zero-order valence-corrected chi connectivity index (χ0v) is 8.31. The van der Waals surface area contributed by atoms with Crippen LogP contribution in [0.25, 0.3) is 0 Å². The van der Waals surface area contributed by atoms with Gasteiger partial charge in [0.2, 0.25) is 5.12 Å². The van der Waals surface area contributed by atoms with E-state index in [9.17, 15) is 4.79 Å². The van der Waals surface area contributed by atoms with Crippen molar-refractivity contribution in [1.29, 1.82) is 0 Å². The third-order valence-corrected chi connectivity index (χ3v) is 1.98. The average Bonchev–Trinajstić information content (AvgIpc) is 1.53. The van der Waals surface area contributed by atoms with Crippen LogP contribution in [0, 0.1) is 0 Å². The Kier molecular flexibility index (Phi) is 4.07. The van der Waals surface area contributed by atoms with E-state index in [1.807, 2.05) is 14.1 Å². The molecular formula is C7H16NO2S+. The van der Waals surface area contributed by atoms with Crippen LogP contribution in [-0.4, -0.2) is 40.9 Å². The summed E-state index contributed by atoms with van der Waals surface area (Å²) in [6, 6.07) is 0. The number of carbonyl (C=O) groups is 1. The summed E-state index contributed by atoms with van der Waals surface area (Å²) in [7, 11) is 3.80. The summed E-state index contributed by atoms with van der Waals surface area (Å²) in [5, 5.41) is 9.14. The molecule has 0 radical (unpaired) electrons. The van der Waals surface area contributed by atoms with Crippen LogP contribution in [-0.2, 0) is 4.79 Å². The third-order valence-electron chi connectivity index (χ3n) is 1.08. The van der Waals surface area contributed by atoms with Gasteiger partial charge in [0.15, 0.2) is 11.9 Å². The number of rotatable bonds is 3. The molecule has 0 aromatic rings. The molecule has 0 saturated heterocycles. The maximum Gasteiger partial charge on any atom is 0.242 e. The lowest BCUT2D eigenvalue weighted by Gasteiger charge is -2.26. The summed E-state index contributed by atoms with van der Waals surface area (Å²) in [5.41, 5.74) is 0. The van der Waals surface area contributed by atoms with Crippen LogP contribution >= 0.6 is 11.9 Å². The van der Waals surface area contributed by atoms with Gasteiger partial charge >= 0.3 is 0 Å². The van der Waals surface area contributed by atoms with Crippen LogP contribution in [0.1, 0.15) is 13.8 Å². The maximum atomic E-state index is 10.7. The number of quaternary nitrogens is 1. The van der Waals surface area contributed by atoms with Gasteiger partial charge in [0.05, 0.1) is 14.1 Å². The van der Waals surface area contributed by atoms with Crippen LogP contribution in [0.15, 0.2) is 0 Å². The SMILES string of the molecule is CC(=O)S[N+](C)(C)CC(C)O. The molecule has 0 amide bonds. The van der Waals surface area contributed by atoms with Crippen LogP contribution < -0.4 is 0 Å². The van der Waals surface area contributed by atoms with Crippen molar-refractivity contribution in [3.63, 3.8) is 0 Å². The lowest BCUT2D eigenvalue weighted by Crippen LogP contribution is -2.38. The van der Waals surface area contributed by atoms with Gasteiger partial charge in [-0.15, -0.1) is 0 Å². The first kappa shape index (κ1) is 10.9. The van der Waals surface area contributed by atoms with Crippen molar-refractivity contribution in [1.82, 2.24) is 0 Å². The third kappa shape index (κ3) is 6.34. The van der Waals surface area contributed by atoms with Crippen molar-refractivity contribution in [2.24, 2.45) is 0 Å². The van der Waals surface area contributed by atoms with E-state index in [1.165, 1.54) is 18.9 Å². The molecule has 3 nitrogen and oxygen atoms in total. The van der Waals surface area contributed by atoms with Crippen LogP contribution in [0.5, 0.6) is 0 Å². The highest BCUT2D eigenvalue weighted by Gasteiger charge is 2.22. The van der Waals surface area contributed by atoms with Gasteiger partial charge in [-0.05, 0) is 6.92 Å². The summed E-state index contributed by atoms with van der Waals surface area (Å²) in [5.74, 6) is 0. The lowest BCUT2D eigenvalue weighted by atomic mass is 10.4. The standard InChI is InChI=1S/C7H16NO2S/c1-6(9)5-8(3,4)11-7(2)10/h6,9H,5H2,1-4H3/q+1. The van der Waals surface area contributed by atoms with E-state index in [1.54, 1.807) is 6.92 Å². The zero-order chi connectivity index (χ0) is 9.07. The zero-order valence-electron chi connectivity index (χ0n) is 7.50. The predicted octanol–water partition coefficient (Wildman–Crippen LogP) is 0.638. The van der Waals surface area contributed by atoms with Crippen molar-refractivity contribution < 1.29 is 13.8 Å². The van der Waals surface area contributed by atoms with Crippen LogP contribution in [0.3, 0.4) is 0 Å². The van der Waals surface area contributed by atoms with Gasteiger partial charge in [0.25, 0.3) is 0 Å². The lowest BCUT2D eigenvalue weighted by molar-refractivity contribution is -0.753. The van der Waals surface area contributed by atoms with Gasteiger partial charge in [0, 0.05) is 6.92 Å². The Morgan fingerprint density at radius 2 is 2.09 bits per heavy atom. The van der Waals surface area contributed by atoms with Gasteiger partial charge in [0.1, 0.15) is 12.6 Å². The highest BCUT2D eigenvalue weighted by Crippen LogP contribution is 2.17. The molecule has 0 heterocycles. The molecule has 1 N–H and O–H groups in total. The average molecular weight is 178 g/mol. The molecular weight excluding hydrogens is 162 g/mol. The van der Waals surface area contributed by atoms with Gasteiger partial charge in [-0.2, -0.15) is 0 Å². The fourth-order valence-corrected chi connectivity index (χ4v) is 2.01. The highest BCUT2D eigenvalue weighted by molar-refractivity contribution is 8.08. The Balaban J connectivity index is 3.89. The molecule has 0 bridgehead atoms. The second-order valence-electron chi connectivity index (χ2n) is 3.19. The van der Waals surface area contributed by atoms with Crippen molar-refractivity contribution in [2.75, 3.05) is 20.6 Å². The van der Waals surface area contributed by atoms with Crippen molar-refractivity contribution in [3.05, 3.63) is 0 Å². The first-order valence-corrected chi connectivity index (χ1v) is 4.32. The molecule has 0 aliphatic heterocycles. The number of aliphatic hydroxyl groups excluding tert-OH is 1. The van der Waals surface area contributed by atoms with E-state index in [4.69, 9.17) is 5.11 Å². The predicted molar refractivity (Wildman–Crippen MR) is 46.9 cm³/mol. The van der Waals surface area contributed by atoms with E-state index in [-0.39, 0.29) is 11.2 Å². The van der Waals surface area contributed by atoms with E-state index in [0.29, 0.717) is 10.4 Å². The number of likely N-dealkylation sites (N-methyl/N-ethyl adjacent to an activating group) is 1. The van der Waals surface area contributed by atoms with Gasteiger partial charge < -0.3 is 5.11 Å². The molecule has 1 atom stereocenters. The van der Waals surface area contributed by atoms with Crippen molar-refractivity contribution in [3.8, 4) is 0 Å². The number of hydrogen-bond donors (Lipinski definition) is 1. The molecule has 0 aromatic carbocycles. The molecule has 0 aliphatic carbocycles. The Labute approximate surface area is 72.1 Å². The summed E-state index contributed by atoms with van der Waals surface area (Å²) in [6.45, 7) is 3.84. The molecule has 0 rings (SSSR count).